The van der Waals surface area contributed by atoms with Gasteiger partial charge in [-0.15, -0.1) is 0 Å². The van der Waals surface area contributed by atoms with E-state index in [9.17, 15) is 9.59 Å². The Balaban J connectivity index is 1.74. The van der Waals surface area contributed by atoms with Crippen LogP contribution in [0.15, 0.2) is 71.8 Å². The third-order valence-corrected chi connectivity index (χ3v) is 4.53. The fourth-order valence-electron chi connectivity index (χ4n) is 2.90. The van der Waals surface area contributed by atoms with Crippen LogP contribution in [0.5, 0.6) is 17.2 Å². The van der Waals surface area contributed by atoms with Crippen molar-refractivity contribution in [3.05, 3.63) is 89.0 Å². The molecule has 0 bridgehead atoms. The normalized spacial score (nSPS) is 10.6. The van der Waals surface area contributed by atoms with Gasteiger partial charge in [0.2, 0.25) is 0 Å². The van der Waals surface area contributed by atoms with E-state index in [1.807, 2.05) is 0 Å². The Morgan fingerprint density at radius 2 is 1.62 bits per heavy atom. The number of hydrogen-bond donors (Lipinski definition) is 2. The number of carbonyl (C=O) groups excluding carboxylic acids is 1. The zero-order valence-corrected chi connectivity index (χ0v) is 17.6. The minimum Gasteiger partial charge on any atom is -0.496 e. The summed E-state index contributed by atoms with van der Waals surface area (Å²) in [6, 6.07) is 18.5. The first kappa shape index (κ1) is 22.4. The SMILES string of the molecule is COc1ccccc1C(=O)NN=Cc1cccc(OC)c1OCc1ccc(C(=O)O)cc1. The van der Waals surface area contributed by atoms with Crippen molar-refractivity contribution in [3.63, 3.8) is 0 Å². The number of carboxylic acid groups (broad SMARTS) is 1. The molecule has 32 heavy (non-hydrogen) atoms. The van der Waals surface area contributed by atoms with Crippen LogP contribution in [0.3, 0.4) is 0 Å². The van der Waals surface area contributed by atoms with E-state index in [-0.39, 0.29) is 12.2 Å². The van der Waals surface area contributed by atoms with E-state index >= 15 is 0 Å². The number of rotatable bonds is 9. The van der Waals surface area contributed by atoms with Gasteiger partial charge in [-0.25, -0.2) is 10.2 Å². The first-order valence-corrected chi connectivity index (χ1v) is 9.62. The molecule has 0 saturated heterocycles. The van der Waals surface area contributed by atoms with Crippen molar-refractivity contribution in [2.24, 2.45) is 5.10 Å². The van der Waals surface area contributed by atoms with Crippen molar-refractivity contribution in [1.29, 1.82) is 0 Å². The molecule has 0 aliphatic carbocycles. The number of hydrogen-bond acceptors (Lipinski definition) is 6. The fourth-order valence-corrected chi connectivity index (χ4v) is 2.90. The monoisotopic (exact) mass is 434 g/mol. The second-order valence-electron chi connectivity index (χ2n) is 6.57. The molecule has 0 unspecified atom stereocenters. The van der Waals surface area contributed by atoms with Crippen molar-refractivity contribution < 1.29 is 28.9 Å². The molecule has 0 atom stereocenters. The van der Waals surface area contributed by atoms with Gasteiger partial charge in [-0.05, 0) is 42.0 Å². The summed E-state index contributed by atoms with van der Waals surface area (Å²) in [6.45, 7) is 0.189. The van der Waals surface area contributed by atoms with Crippen LogP contribution >= 0.6 is 0 Å². The Bertz CT molecular complexity index is 1130. The average molecular weight is 434 g/mol. The van der Waals surface area contributed by atoms with Gasteiger partial charge in [0.25, 0.3) is 5.91 Å². The third-order valence-electron chi connectivity index (χ3n) is 4.53. The molecular weight excluding hydrogens is 412 g/mol. The van der Waals surface area contributed by atoms with E-state index < -0.39 is 11.9 Å². The average Bonchev–Trinajstić information content (AvgIpc) is 2.83. The number of nitrogens with zero attached hydrogens (tertiary/aromatic N) is 1. The first-order valence-electron chi connectivity index (χ1n) is 9.62. The lowest BCUT2D eigenvalue weighted by molar-refractivity contribution is 0.0696. The lowest BCUT2D eigenvalue weighted by atomic mass is 10.1. The van der Waals surface area contributed by atoms with Gasteiger partial charge in [0.1, 0.15) is 12.4 Å². The van der Waals surface area contributed by atoms with Gasteiger partial charge < -0.3 is 19.3 Å². The number of benzene rings is 3. The molecule has 2 N–H and O–H groups in total. The molecule has 3 aromatic carbocycles. The number of amides is 1. The highest BCUT2D eigenvalue weighted by molar-refractivity contribution is 5.97. The summed E-state index contributed by atoms with van der Waals surface area (Å²) in [7, 11) is 3.01. The molecule has 0 fully saturated rings. The number of carbonyl (C=O) groups is 2. The second kappa shape index (κ2) is 10.6. The molecule has 0 radical (unpaired) electrons. The molecule has 0 aliphatic rings. The molecule has 0 spiro atoms. The topological polar surface area (TPSA) is 106 Å². The molecule has 0 aliphatic heterocycles. The number of nitrogens with one attached hydrogen (secondary N) is 1. The molecule has 1 amide bonds. The molecule has 164 valence electrons. The number of carboxylic acids is 1. The molecular formula is C24H22N2O6. The largest absolute Gasteiger partial charge is 0.496 e. The summed E-state index contributed by atoms with van der Waals surface area (Å²) < 4.78 is 16.5. The highest BCUT2D eigenvalue weighted by Gasteiger charge is 2.12. The minimum absolute atomic E-state index is 0.189. The molecule has 0 aromatic heterocycles. The van der Waals surface area contributed by atoms with Crippen molar-refractivity contribution in [2.45, 2.75) is 6.61 Å². The molecule has 8 nitrogen and oxygen atoms in total. The van der Waals surface area contributed by atoms with Crippen LogP contribution in [0.1, 0.15) is 31.8 Å². The maximum absolute atomic E-state index is 12.4. The Morgan fingerprint density at radius 1 is 0.938 bits per heavy atom. The van der Waals surface area contributed by atoms with E-state index in [0.717, 1.165) is 5.56 Å². The van der Waals surface area contributed by atoms with Crippen molar-refractivity contribution >= 4 is 18.1 Å². The first-order chi connectivity index (χ1) is 15.5. The molecule has 0 heterocycles. The Morgan fingerprint density at radius 3 is 2.31 bits per heavy atom. The van der Waals surface area contributed by atoms with Gasteiger partial charge >= 0.3 is 5.97 Å². The predicted molar refractivity (Wildman–Crippen MR) is 119 cm³/mol. The van der Waals surface area contributed by atoms with Crippen LogP contribution in [0.2, 0.25) is 0 Å². The van der Waals surface area contributed by atoms with Crippen molar-refractivity contribution in [3.8, 4) is 17.2 Å². The minimum atomic E-state index is -0.990. The molecule has 0 saturated carbocycles. The summed E-state index contributed by atoms with van der Waals surface area (Å²) in [5.74, 6) is -0.0299. The predicted octanol–water partition coefficient (Wildman–Crippen LogP) is 3.74. The van der Waals surface area contributed by atoms with Crippen LogP contribution in [-0.4, -0.2) is 37.4 Å². The highest BCUT2D eigenvalue weighted by Crippen LogP contribution is 2.31. The summed E-state index contributed by atoms with van der Waals surface area (Å²) in [5, 5.41) is 13.0. The lowest BCUT2D eigenvalue weighted by Gasteiger charge is -2.13. The number of hydrazone groups is 1. The van der Waals surface area contributed by atoms with E-state index in [2.05, 4.69) is 10.5 Å². The Hall–Kier alpha value is -4.33. The summed E-state index contributed by atoms with van der Waals surface area (Å²) in [6.07, 6.45) is 1.46. The Kier molecular flexibility index (Phi) is 7.42. The zero-order chi connectivity index (χ0) is 22.9. The number of aromatic carboxylic acids is 1. The van der Waals surface area contributed by atoms with E-state index in [1.54, 1.807) is 54.6 Å². The van der Waals surface area contributed by atoms with E-state index in [1.165, 1.54) is 32.6 Å². The smallest absolute Gasteiger partial charge is 0.335 e. The summed E-state index contributed by atoms with van der Waals surface area (Å²) in [5.41, 5.74) is 4.41. The van der Waals surface area contributed by atoms with Crippen LogP contribution in [0.4, 0.5) is 0 Å². The maximum Gasteiger partial charge on any atom is 0.335 e. The standard InChI is InChI=1S/C24H22N2O6/c1-30-20-8-4-3-7-19(20)23(27)26-25-14-18-6-5-9-21(31-2)22(18)32-15-16-10-12-17(13-11-16)24(28)29/h3-14H,15H2,1-2H3,(H,26,27)(H,28,29). The molecule has 8 heteroatoms. The second-order valence-corrected chi connectivity index (χ2v) is 6.57. The van der Waals surface area contributed by atoms with Crippen LogP contribution < -0.4 is 19.6 Å². The summed E-state index contributed by atoms with van der Waals surface area (Å²) in [4.78, 5) is 23.4. The van der Waals surface area contributed by atoms with Gasteiger partial charge in [0, 0.05) is 5.56 Å². The van der Waals surface area contributed by atoms with Crippen LogP contribution in [-0.2, 0) is 6.61 Å². The van der Waals surface area contributed by atoms with Gasteiger partial charge in [0.05, 0.1) is 31.6 Å². The van der Waals surface area contributed by atoms with Gasteiger partial charge in [0.15, 0.2) is 11.5 Å². The number of methoxy groups -OCH3 is 2. The lowest BCUT2D eigenvalue weighted by Crippen LogP contribution is -2.18. The number of ether oxygens (including phenoxy) is 3. The molecule has 3 aromatic rings. The van der Waals surface area contributed by atoms with Crippen LogP contribution in [0, 0.1) is 0 Å². The van der Waals surface area contributed by atoms with Gasteiger partial charge in [-0.2, -0.15) is 5.10 Å². The summed E-state index contributed by atoms with van der Waals surface area (Å²) >= 11 is 0. The van der Waals surface area contributed by atoms with Crippen molar-refractivity contribution in [1.82, 2.24) is 5.43 Å². The Labute approximate surface area is 185 Å². The fraction of sp³-hybridized carbons (Fsp3) is 0.125. The maximum atomic E-state index is 12.4. The van der Waals surface area contributed by atoms with E-state index in [4.69, 9.17) is 19.3 Å². The third kappa shape index (κ3) is 5.42. The number of para-hydroxylation sites is 2. The zero-order valence-electron chi connectivity index (χ0n) is 17.6. The van der Waals surface area contributed by atoms with Crippen LogP contribution in [0.25, 0.3) is 0 Å². The molecule has 3 rings (SSSR count). The van der Waals surface area contributed by atoms with Gasteiger partial charge in [-0.3, -0.25) is 4.79 Å². The highest BCUT2D eigenvalue weighted by atomic mass is 16.5. The van der Waals surface area contributed by atoms with E-state index in [0.29, 0.717) is 28.4 Å². The van der Waals surface area contributed by atoms with Gasteiger partial charge in [-0.1, -0.05) is 30.3 Å². The quantitative estimate of drug-likeness (QED) is 0.393. The van der Waals surface area contributed by atoms with Crippen molar-refractivity contribution in [2.75, 3.05) is 14.2 Å².